The van der Waals surface area contributed by atoms with Crippen LogP contribution >= 0.6 is 0 Å². The minimum absolute atomic E-state index is 0.0332. The molecule has 3 amide bonds. The van der Waals surface area contributed by atoms with Crippen molar-refractivity contribution in [3.8, 4) is 5.75 Å². The Morgan fingerprint density at radius 2 is 1.63 bits per heavy atom. The Kier molecular flexibility index (Phi) is 6.55. The van der Waals surface area contributed by atoms with Gasteiger partial charge in [0.1, 0.15) is 5.75 Å². The van der Waals surface area contributed by atoms with Crippen LogP contribution in [0.15, 0.2) is 42.5 Å². The number of benzene rings is 2. The zero-order valence-electron chi connectivity index (χ0n) is 17.9. The predicted molar refractivity (Wildman–Crippen MR) is 116 cm³/mol. The van der Waals surface area contributed by atoms with Crippen molar-refractivity contribution in [1.82, 2.24) is 5.32 Å². The maximum atomic E-state index is 12.9. The van der Waals surface area contributed by atoms with E-state index in [4.69, 9.17) is 4.74 Å². The van der Waals surface area contributed by atoms with Gasteiger partial charge in [0.25, 0.3) is 17.7 Å². The second kappa shape index (κ2) is 9.11. The molecule has 3 rings (SSSR count). The average Bonchev–Trinajstić information content (AvgIpc) is 2.97. The Morgan fingerprint density at radius 3 is 2.27 bits per heavy atom. The molecule has 0 aliphatic carbocycles. The molecule has 0 saturated carbocycles. The van der Waals surface area contributed by atoms with Gasteiger partial charge < -0.3 is 10.1 Å². The largest absolute Gasteiger partial charge is 0.494 e. The Hall–Kier alpha value is -3.15. The van der Waals surface area contributed by atoms with Crippen molar-refractivity contribution in [3.05, 3.63) is 59.2 Å². The molecule has 6 heteroatoms. The van der Waals surface area contributed by atoms with Crippen molar-refractivity contribution in [2.45, 2.75) is 46.6 Å². The summed E-state index contributed by atoms with van der Waals surface area (Å²) in [5.41, 5.74) is 1.40. The van der Waals surface area contributed by atoms with Crippen LogP contribution in [-0.4, -0.2) is 30.4 Å². The summed E-state index contributed by atoms with van der Waals surface area (Å²) in [7, 11) is 0. The summed E-state index contributed by atoms with van der Waals surface area (Å²) in [6.45, 7) is 8.68. The summed E-state index contributed by atoms with van der Waals surface area (Å²) < 4.78 is 5.41. The van der Waals surface area contributed by atoms with Gasteiger partial charge in [-0.1, -0.05) is 13.8 Å². The van der Waals surface area contributed by atoms with Crippen LogP contribution in [-0.2, 0) is 0 Å². The van der Waals surface area contributed by atoms with Crippen LogP contribution in [0.3, 0.4) is 0 Å². The van der Waals surface area contributed by atoms with Gasteiger partial charge in [-0.15, -0.1) is 0 Å². The maximum absolute atomic E-state index is 12.9. The molecular weight excluding hydrogens is 380 g/mol. The topological polar surface area (TPSA) is 75.7 Å². The highest BCUT2D eigenvalue weighted by Crippen LogP contribution is 2.30. The fourth-order valence-corrected chi connectivity index (χ4v) is 3.44. The van der Waals surface area contributed by atoms with Crippen LogP contribution in [0.1, 0.15) is 71.6 Å². The number of anilines is 1. The van der Waals surface area contributed by atoms with E-state index in [0.717, 1.165) is 17.7 Å². The SMILES string of the molecule is CCOc1ccc(N2C(=O)c3ccc(C(=O)NC(C)CCC(C)C)cc3C2=O)cc1. The van der Waals surface area contributed by atoms with Crippen LogP contribution in [0.4, 0.5) is 5.69 Å². The Labute approximate surface area is 177 Å². The maximum Gasteiger partial charge on any atom is 0.266 e. The Bertz CT molecular complexity index is 950. The first-order valence-electron chi connectivity index (χ1n) is 10.4. The number of rotatable bonds is 8. The van der Waals surface area contributed by atoms with E-state index in [1.54, 1.807) is 36.4 Å². The number of carbonyl (C=O) groups is 3. The van der Waals surface area contributed by atoms with E-state index in [1.165, 1.54) is 6.07 Å². The molecule has 2 aromatic carbocycles. The zero-order valence-corrected chi connectivity index (χ0v) is 17.9. The number of amides is 3. The summed E-state index contributed by atoms with van der Waals surface area (Å²) in [4.78, 5) is 39.5. The van der Waals surface area contributed by atoms with Gasteiger partial charge in [-0.3, -0.25) is 14.4 Å². The smallest absolute Gasteiger partial charge is 0.266 e. The van der Waals surface area contributed by atoms with E-state index in [2.05, 4.69) is 19.2 Å². The lowest BCUT2D eigenvalue weighted by Gasteiger charge is -2.15. The quantitative estimate of drug-likeness (QED) is 0.655. The van der Waals surface area contributed by atoms with Crippen LogP contribution in [0.25, 0.3) is 0 Å². The fourth-order valence-electron chi connectivity index (χ4n) is 3.44. The highest BCUT2D eigenvalue weighted by atomic mass is 16.5. The lowest BCUT2D eigenvalue weighted by atomic mass is 10.0. The normalized spacial score (nSPS) is 14.1. The second-order valence-corrected chi connectivity index (χ2v) is 7.98. The number of carbonyl (C=O) groups excluding carboxylic acids is 3. The molecule has 0 saturated heterocycles. The summed E-state index contributed by atoms with van der Waals surface area (Å²) >= 11 is 0. The van der Waals surface area contributed by atoms with Gasteiger partial charge >= 0.3 is 0 Å². The fraction of sp³-hybridized carbons (Fsp3) is 0.375. The third kappa shape index (κ3) is 4.53. The summed E-state index contributed by atoms with van der Waals surface area (Å²) in [6.07, 6.45) is 1.91. The molecule has 2 aromatic rings. The van der Waals surface area contributed by atoms with Crippen LogP contribution in [0.2, 0.25) is 0 Å². The summed E-state index contributed by atoms with van der Waals surface area (Å²) in [5.74, 6) is 0.178. The highest BCUT2D eigenvalue weighted by molar-refractivity contribution is 6.34. The van der Waals surface area contributed by atoms with Crippen molar-refractivity contribution in [3.63, 3.8) is 0 Å². The number of nitrogens with zero attached hydrogens (tertiary/aromatic N) is 1. The number of hydrogen-bond donors (Lipinski definition) is 1. The van der Waals surface area contributed by atoms with E-state index in [1.807, 2.05) is 13.8 Å². The standard InChI is InChI=1S/C24H28N2O4/c1-5-30-19-11-9-18(10-12-19)26-23(28)20-13-8-17(14-21(20)24(26)29)22(27)25-16(4)7-6-15(2)3/h8-16H,5-7H2,1-4H3,(H,25,27). The molecule has 1 unspecified atom stereocenters. The molecule has 0 spiro atoms. The molecule has 1 atom stereocenters. The van der Waals surface area contributed by atoms with Gasteiger partial charge in [0.2, 0.25) is 0 Å². The van der Waals surface area contributed by atoms with Crippen LogP contribution < -0.4 is 15.0 Å². The molecule has 30 heavy (non-hydrogen) atoms. The van der Waals surface area contributed by atoms with Gasteiger partial charge in [0.05, 0.1) is 23.4 Å². The Morgan fingerprint density at radius 1 is 0.967 bits per heavy atom. The first kappa shape index (κ1) is 21.6. The molecule has 0 radical (unpaired) electrons. The predicted octanol–water partition coefficient (Wildman–Crippen LogP) is 4.44. The van der Waals surface area contributed by atoms with Crippen molar-refractivity contribution in [2.24, 2.45) is 5.92 Å². The van der Waals surface area contributed by atoms with Crippen LogP contribution in [0.5, 0.6) is 5.75 Å². The average molecular weight is 408 g/mol. The van der Waals surface area contributed by atoms with E-state index in [0.29, 0.717) is 35.1 Å². The molecule has 0 bridgehead atoms. The molecule has 1 aliphatic heterocycles. The highest BCUT2D eigenvalue weighted by Gasteiger charge is 2.37. The van der Waals surface area contributed by atoms with E-state index in [9.17, 15) is 14.4 Å². The first-order chi connectivity index (χ1) is 14.3. The van der Waals surface area contributed by atoms with Gasteiger partial charge in [0, 0.05) is 11.6 Å². The van der Waals surface area contributed by atoms with Crippen molar-refractivity contribution in [1.29, 1.82) is 0 Å². The van der Waals surface area contributed by atoms with Crippen molar-refractivity contribution >= 4 is 23.4 Å². The molecule has 1 N–H and O–H groups in total. The van der Waals surface area contributed by atoms with Gasteiger partial charge in [-0.25, -0.2) is 4.90 Å². The van der Waals surface area contributed by atoms with Crippen LogP contribution in [0, 0.1) is 5.92 Å². The number of hydrogen-bond acceptors (Lipinski definition) is 4. The molecular formula is C24H28N2O4. The summed E-state index contributed by atoms with van der Waals surface area (Å²) in [6, 6.07) is 11.5. The van der Waals surface area contributed by atoms with Gasteiger partial charge in [-0.05, 0) is 75.1 Å². The first-order valence-corrected chi connectivity index (χ1v) is 10.4. The number of nitrogens with one attached hydrogen (secondary N) is 1. The molecule has 6 nitrogen and oxygen atoms in total. The molecule has 1 heterocycles. The number of imide groups is 1. The second-order valence-electron chi connectivity index (χ2n) is 7.98. The Balaban J connectivity index is 1.77. The number of ether oxygens (including phenoxy) is 1. The molecule has 0 aromatic heterocycles. The lowest BCUT2D eigenvalue weighted by Crippen LogP contribution is -2.32. The zero-order chi connectivity index (χ0) is 21.8. The molecule has 158 valence electrons. The lowest BCUT2D eigenvalue weighted by molar-refractivity contribution is 0.0921. The van der Waals surface area contributed by atoms with Crippen molar-refractivity contribution in [2.75, 3.05) is 11.5 Å². The minimum Gasteiger partial charge on any atom is -0.494 e. The molecule has 0 fully saturated rings. The van der Waals surface area contributed by atoms with E-state index in [-0.39, 0.29) is 17.5 Å². The van der Waals surface area contributed by atoms with Gasteiger partial charge in [0.15, 0.2) is 0 Å². The van der Waals surface area contributed by atoms with Gasteiger partial charge in [-0.2, -0.15) is 0 Å². The third-order valence-electron chi connectivity index (χ3n) is 5.11. The summed E-state index contributed by atoms with van der Waals surface area (Å²) in [5, 5.41) is 2.97. The minimum atomic E-state index is -0.429. The van der Waals surface area contributed by atoms with E-state index < -0.39 is 11.8 Å². The van der Waals surface area contributed by atoms with E-state index >= 15 is 0 Å². The number of fused-ring (bicyclic) bond motifs is 1. The third-order valence-corrected chi connectivity index (χ3v) is 5.11. The monoisotopic (exact) mass is 408 g/mol. The van der Waals surface area contributed by atoms with Crippen molar-refractivity contribution < 1.29 is 19.1 Å². The molecule has 1 aliphatic rings.